The zero-order chi connectivity index (χ0) is 17.5. The summed E-state index contributed by atoms with van der Waals surface area (Å²) in [5.74, 6) is 6.40. The Morgan fingerprint density at radius 3 is 2.08 bits per heavy atom. The zero-order valence-corrected chi connectivity index (χ0v) is 14.7. The molecule has 0 bridgehead atoms. The van der Waals surface area contributed by atoms with Crippen molar-refractivity contribution in [1.82, 2.24) is 0 Å². The van der Waals surface area contributed by atoms with Gasteiger partial charge in [0, 0.05) is 11.1 Å². The Kier molecular flexibility index (Phi) is 5.53. The SMILES string of the molecule is C=C(C)C#CC1=C(C=C=C(c2ccccc2)c2ccccc2)CCC1. The van der Waals surface area contributed by atoms with E-state index in [4.69, 9.17) is 0 Å². The van der Waals surface area contributed by atoms with E-state index in [-0.39, 0.29) is 0 Å². The molecular weight excluding hydrogens is 300 g/mol. The van der Waals surface area contributed by atoms with E-state index in [0.717, 1.165) is 24.0 Å². The Labute approximate surface area is 150 Å². The Balaban J connectivity index is 2.07. The normalized spacial score (nSPS) is 12.8. The fourth-order valence-electron chi connectivity index (χ4n) is 2.95. The largest absolute Gasteiger partial charge is 0.111 e. The molecule has 0 heteroatoms. The lowest BCUT2D eigenvalue weighted by atomic mass is 9.98. The number of benzene rings is 2. The van der Waals surface area contributed by atoms with Gasteiger partial charge < -0.3 is 0 Å². The van der Waals surface area contributed by atoms with Crippen molar-refractivity contribution in [2.75, 3.05) is 0 Å². The molecule has 0 nitrogen and oxygen atoms in total. The van der Waals surface area contributed by atoms with Gasteiger partial charge in [0.15, 0.2) is 0 Å². The van der Waals surface area contributed by atoms with Gasteiger partial charge in [0.2, 0.25) is 0 Å². The molecule has 0 radical (unpaired) electrons. The molecule has 0 saturated carbocycles. The van der Waals surface area contributed by atoms with E-state index >= 15 is 0 Å². The van der Waals surface area contributed by atoms with Crippen LogP contribution in [-0.2, 0) is 0 Å². The lowest BCUT2D eigenvalue weighted by molar-refractivity contribution is 0.908. The van der Waals surface area contributed by atoms with Crippen molar-refractivity contribution in [3.05, 3.63) is 107 Å². The van der Waals surface area contributed by atoms with Gasteiger partial charge in [-0.1, -0.05) is 79.1 Å². The highest BCUT2D eigenvalue weighted by Gasteiger charge is 2.10. The van der Waals surface area contributed by atoms with E-state index in [1.807, 2.05) is 19.1 Å². The standard InChI is InChI=1S/C25H22/c1-20(2)16-17-21-14-9-15-22(21)18-19-25(23-10-5-3-6-11-23)24-12-7-4-8-13-24/h3-8,10-13,18H,1,9,14-15H2,2H3. The summed E-state index contributed by atoms with van der Waals surface area (Å²) in [6, 6.07) is 20.9. The summed E-state index contributed by atoms with van der Waals surface area (Å²) >= 11 is 0. The van der Waals surface area contributed by atoms with Gasteiger partial charge in [-0.3, -0.25) is 0 Å². The van der Waals surface area contributed by atoms with Crippen LogP contribution >= 0.6 is 0 Å². The van der Waals surface area contributed by atoms with Gasteiger partial charge in [0.25, 0.3) is 0 Å². The van der Waals surface area contributed by atoms with Gasteiger partial charge in [-0.15, -0.1) is 5.73 Å². The molecule has 0 saturated heterocycles. The fourth-order valence-corrected chi connectivity index (χ4v) is 2.95. The molecule has 0 aliphatic heterocycles. The van der Waals surface area contributed by atoms with E-state index in [1.165, 1.54) is 28.7 Å². The summed E-state index contributed by atoms with van der Waals surface area (Å²) in [6.07, 6.45) is 5.42. The number of hydrogen-bond donors (Lipinski definition) is 0. The van der Waals surface area contributed by atoms with Gasteiger partial charge in [0.1, 0.15) is 0 Å². The van der Waals surface area contributed by atoms with E-state index < -0.39 is 0 Å². The van der Waals surface area contributed by atoms with Crippen LogP contribution in [-0.4, -0.2) is 0 Å². The molecule has 25 heavy (non-hydrogen) atoms. The highest BCUT2D eigenvalue weighted by Crippen LogP contribution is 2.28. The van der Waals surface area contributed by atoms with Crippen LogP contribution in [0.1, 0.15) is 37.3 Å². The Bertz CT molecular complexity index is 865. The van der Waals surface area contributed by atoms with Gasteiger partial charge in [-0.25, -0.2) is 0 Å². The average molecular weight is 322 g/mol. The average Bonchev–Trinajstić information content (AvgIpc) is 3.09. The minimum Gasteiger partial charge on any atom is -0.111 e. The molecule has 0 aromatic heterocycles. The van der Waals surface area contributed by atoms with Crippen LogP contribution in [0.25, 0.3) is 5.57 Å². The maximum atomic E-state index is 3.87. The summed E-state index contributed by atoms with van der Waals surface area (Å²) in [5.41, 5.74) is 10.5. The first-order valence-corrected chi connectivity index (χ1v) is 8.71. The molecule has 122 valence electrons. The molecule has 2 aromatic rings. The predicted octanol–water partition coefficient (Wildman–Crippen LogP) is 6.33. The van der Waals surface area contributed by atoms with Crippen molar-refractivity contribution >= 4 is 5.57 Å². The molecule has 2 aromatic carbocycles. The second-order valence-electron chi connectivity index (χ2n) is 6.28. The molecule has 0 fully saturated rings. The van der Waals surface area contributed by atoms with Crippen LogP contribution in [0, 0.1) is 11.8 Å². The maximum Gasteiger partial charge on any atom is 0.0309 e. The smallest absolute Gasteiger partial charge is 0.0309 e. The van der Waals surface area contributed by atoms with Crippen LogP contribution in [0.2, 0.25) is 0 Å². The summed E-state index contributed by atoms with van der Waals surface area (Å²) in [6.45, 7) is 5.81. The molecule has 0 amide bonds. The molecule has 1 aliphatic rings. The number of rotatable bonds is 3. The van der Waals surface area contributed by atoms with E-state index in [2.05, 4.69) is 78.8 Å². The Hall–Kier alpha value is -3.00. The van der Waals surface area contributed by atoms with Crippen molar-refractivity contribution in [2.45, 2.75) is 26.2 Å². The summed E-state index contributed by atoms with van der Waals surface area (Å²) < 4.78 is 0. The van der Waals surface area contributed by atoms with Crippen LogP contribution in [0.4, 0.5) is 0 Å². The first-order valence-electron chi connectivity index (χ1n) is 8.71. The third-order valence-electron chi connectivity index (χ3n) is 4.20. The summed E-state index contributed by atoms with van der Waals surface area (Å²) in [5, 5.41) is 0. The molecule has 0 spiro atoms. The van der Waals surface area contributed by atoms with Crippen molar-refractivity contribution < 1.29 is 0 Å². The lowest BCUT2D eigenvalue weighted by Crippen LogP contribution is -1.86. The second kappa shape index (κ2) is 8.20. The van der Waals surface area contributed by atoms with Crippen LogP contribution < -0.4 is 0 Å². The van der Waals surface area contributed by atoms with Crippen molar-refractivity contribution in [3.8, 4) is 11.8 Å². The van der Waals surface area contributed by atoms with Gasteiger partial charge >= 0.3 is 0 Å². The van der Waals surface area contributed by atoms with Crippen molar-refractivity contribution in [2.24, 2.45) is 0 Å². The monoisotopic (exact) mass is 322 g/mol. The van der Waals surface area contributed by atoms with Gasteiger partial charge in [-0.2, -0.15) is 0 Å². The Morgan fingerprint density at radius 2 is 1.52 bits per heavy atom. The minimum absolute atomic E-state index is 0.910. The van der Waals surface area contributed by atoms with Gasteiger partial charge in [-0.05, 0) is 54.5 Å². The molecule has 0 unspecified atom stereocenters. The van der Waals surface area contributed by atoms with Crippen LogP contribution in [0.15, 0.2) is 95.8 Å². The lowest BCUT2D eigenvalue weighted by Gasteiger charge is -2.05. The van der Waals surface area contributed by atoms with E-state index in [0.29, 0.717) is 0 Å². The molecular formula is C25H22. The summed E-state index contributed by atoms with van der Waals surface area (Å²) in [7, 11) is 0. The minimum atomic E-state index is 0.910. The molecule has 0 atom stereocenters. The number of hydrogen-bond acceptors (Lipinski definition) is 0. The quantitative estimate of drug-likeness (QED) is 0.457. The first-order chi connectivity index (χ1) is 12.2. The second-order valence-corrected chi connectivity index (χ2v) is 6.28. The predicted molar refractivity (Wildman–Crippen MR) is 107 cm³/mol. The van der Waals surface area contributed by atoms with E-state index in [9.17, 15) is 0 Å². The molecule has 0 N–H and O–H groups in total. The topological polar surface area (TPSA) is 0 Å². The molecule has 3 rings (SSSR count). The third-order valence-corrected chi connectivity index (χ3v) is 4.20. The first kappa shape index (κ1) is 16.8. The zero-order valence-electron chi connectivity index (χ0n) is 14.7. The Morgan fingerprint density at radius 1 is 0.920 bits per heavy atom. The number of allylic oxidation sites excluding steroid dienone is 4. The molecule has 1 aliphatic carbocycles. The van der Waals surface area contributed by atoms with Crippen LogP contribution in [0.5, 0.6) is 0 Å². The maximum absolute atomic E-state index is 3.87. The molecule has 0 heterocycles. The third kappa shape index (κ3) is 4.51. The van der Waals surface area contributed by atoms with Crippen molar-refractivity contribution in [3.63, 3.8) is 0 Å². The fraction of sp³-hybridized carbons (Fsp3) is 0.160. The van der Waals surface area contributed by atoms with Gasteiger partial charge in [0.05, 0.1) is 0 Å². The highest BCUT2D eigenvalue weighted by atomic mass is 14.1. The van der Waals surface area contributed by atoms with Crippen LogP contribution in [0.3, 0.4) is 0 Å². The van der Waals surface area contributed by atoms with E-state index in [1.54, 1.807) is 0 Å². The summed E-state index contributed by atoms with van der Waals surface area (Å²) in [4.78, 5) is 0. The van der Waals surface area contributed by atoms with Crippen molar-refractivity contribution in [1.29, 1.82) is 0 Å². The highest BCUT2D eigenvalue weighted by molar-refractivity contribution is 5.79.